The lowest BCUT2D eigenvalue weighted by Gasteiger charge is -2.22. The normalized spacial score (nSPS) is 13.7. The van der Waals surface area contributed by atoms with Crippen LogP contribution in [0.4, 0.5) is 0 Å². The summed E-state index contributed by atoms with van der Waals surface area (Å²) in [4.78, 5) is 20.3. The van der Waals surface area contributed by atoms with E-state index in [1.54, 1.807) is 0 Å². The van der Waals surface area contributed by atoms with Crippen LogP contribution >= 0.6 is 23.5 Å². The molecule has 0 bridgehead atoms. The Labute approximate surface area is 322 Å². The van der Waals surface area contributed by atoms with E-state index in [0.717, 1.165) is 22.4 Å². The lowest BCUT2D eigenvalue weighted by atomic mass is 9.82. The Balaban J connectivity index is 1.17. The van der Waals surface area contributed by atoms with Crippen molar-refractivity contribution in [1.29, 1.82) is 0 Å². The topological polar surface area (TPSA) is 43.6 Å². The highest BCUT2D eigenvalue weighted by Gasteiger charge is 2.36. The van der Waals surface area contributed by atoms with E-state index in [0.29, 0.717) is 17.5 Å². The molecular weight excluding hydrogens is 697 g/mol. The Kier molecular flexibility index (Phi) is 7.04. The Morgan fingerprint density at radius 2 is 1.07 bits per heavy atom. The fourth-order valence-electron chi connectivity index (χ4n) is 8.27. The summed E-state index contributed by atoms with van der Waals surface area (Å²) < 4.78 is 2.49. The van der Waals surface area contributed by atoms with Gasteiger partial charge in [0.1, 0.15) is 0 Å². The second-order valence-corrected chi connectivity index (χ2v) is 16.6. The van der Waals surface area contributed by atoms with E-state index < -0.39 is 0 Å². The van der Waals surface area contributed by atoms with E-state index in [-0.39, 0.29) is 5.41 Å². The first-order valence-electron chi connectivity index (χ1n) is 18.2. The summed E-state index contributed by atoms with van der Waals surface area (Å²) in [6, 6.07) is 56.3. The summed E-state index contributed by atoms with van der Waals surface area (Å²) in [5, 5.41) is 2.51. The number of hydrogen-bond donors (Lipinski definition) is 0. The Morgan fingerprint density at radius 3 is 1.80 bits per heavy atom. The molecule has 1 aliphatic carbocycles. The van der Waals surface area contributed by atoms with Gasteiger partial charge in [0.25, 0.3) is 0 Å². The first-order valence-corrected chi connectivity index (χ1v) is 19.8. The molecule has 0 N–H and O–H groups in total. The molecule has 4 nitrogen and oxygen atoms in total. The van der Waals surface area contributed by atoms with Crippen molar-refractivity contribution < 1.29 is 0 Å². The number of fused-ring (bicyclic) bond motifs is 9. The average molecular weight is 729 g/mol. The van der Waals surface area contributed by atoms with Gasteiger partial charge in [-0.3, -0.25) is 0 Å². The highest BCUT2D eigenvalue weighted by atomic mass is 32.2. The molecule has 0 amide bonds. The quantitative estimate of drug-likeness (QED) is 0.180. The highest BCUT2D eigenvalue weighted by molar-refractivity contribution is 8.05. The molecule has 3 heterocycles. The van der Waals surface area contributed by atoms with E-state index in [9.17, 15) is 0 Å². The fraction of sp³-hybridized carbons (Fsp3) is 0.0625. The average Bonchev–Trinajstić information content (AvgIpc) is 3.68. The summed E-state index contributed by atoms with van der Waals surface area (Å²) >= 11 is 3.74. The van der Waals surface area contributed by atoms with Crippen LogP contribution in [-0.2, 0) is 5.41 Å². The van der Waals surface area contributed by atoms with Crippen molar-refractivity contribution in [1.82, 2.24) is 19.5 Å². The van der Waals surface area contributed by atoms with E-state index in [4.69, 9.17) is 15.0 Å². The molecule has 9 aromatic rings. The number of nitrogens with zero attached hydrogens (tertiary/aromatic N) is 4. The van der Waals surface area contributed by atoms with E-state index in [2.05, 4.69) is 140 Å². The minimum Gasteiger partial charge on any atom is -0.308 e. The van der Waals surface area contributed by atoms with Crippen LogP contribution in [0.15, 0.2) is 177 Å². The smallest absolute Gasteiger partial charge is 0.164 e. The summed E-state index contributed by atoms with van der Waals surface area (Å²) in [5.74, 6) is 1.95. The van der Waals surface area contributed by atoms with Gasteiger partial charge in [-0.25, -0.2) is 15.0 Å². The minimum atomic E-state index is -0.126. The molecule has 0 unspecified atom stereocenters. The molecule has 6 heteroatoms. The lowest BCUT2D eigenvalue weighted by molar-refractivity contribution is 0.661. The molecule has 0 saturated heterocycles. The van der Waals surface area contributed by atoms with Crippen LogP contribution in [0.1, 0.15) is 25.0 Å². The molecule has 0 radical (unpaired) electrons. The molecule has 2 aromatic heterocycles. The monoisotopic (exact) mass is 728 g/mol. The lowest BCUT2D eigenvalue weighted by Crippen LogP contribution is -2.15. The molecule has 0 saturated carbocycles. The number of benzene rings is 7. The number of hydrogen-bond acceptors (Lipinski definition) is 5. The minimum absolute atomic E-state index is 0.126. The first kappa shape index (κ1) is 31.6. The van der Waals surface area contributed by atoms with Gasteiger partial charge in [0.05, 0.1) is 15.9 Å². The molecule has 11 rings (SSSR count). The molecule has 0 spiro atoms. The van der Waals surface area contributed by atoms with Crippen LogP contribution in [0.2, 0.25) is 0 Å². The van der Waals surface area contributed by atoms with Gasteiger partial charge in [0.15, 0.2) is 17.5 Å². The third-order valence-corrected chi connectivity index (χ3v) is 13.5. The van der Waals surface area contributed by atoms with Crippen molar-refractivity contribution in [2.24, 2.45) is 0 Å². The molecule has 256 valence electrons. The Hall–Kier alpha value is -5.95. The predicted molar refractivity (Wildman–Crippen MR) is 223 cm³/mol. The molecule has 1 aliphatic heterocycles. The maximum absolute atomic E-state index is 5.09. The van der Waals surface area contributed by atoms with Crippen LogP contribution in [-0.4, -0.2) is 19.5 Å². The van der Waals surface area contributed by atoms with Crippen molar-refractivity contribution >= 4 is 45.3 Å². The molecule has 2 aliphatic rings. The van der Waals surface area contributed by atoms with Crippen LogP contribution in [0.3, 0.4) is 0 Å². The second-order valence-electron chi connectivity index (χ2n) is 14.4. The first-order chi connectivity index (χ1) is 26.5. The van der Waals surface area contributed by atoms with Gasteiger partial charge < -0.3 is 4.57 Å². The van der Waals surface area contributed by atoms with Gasteiger partial charge in [0.2, 0.25) is 0 Å². The predicted octanol–water partition coefficient (Wildman–Crippen LogP) is 12.9. The van der Waals surface area contributed by atoms with Crippen molar-refractivity contribution in [3.05, 3.63) is 169 Å². The molecule has 0 atom stereocenters. The third kappa shape index (κ3) is 4.83. The summed E-state index contributed by atoms with van der Waals surface area (Å²) in [7, 11) is 0. The number of rotatable bonds is 4. The van der Waals surface area contributed by atoms with Gasteiger partial charge in [-0.1, -0.05) is 153 Å². The van der Waals surface area contributed by atoms with Crippen molar-refractivity contribution in [3.8, 4) is 51.0 Å². The van der Waals surface area contributed by atoms with Gasteiger partial charge >= 0.3 is 0 Å². The van der Waals surface area contributed by atoms with Crippen molar-refractivity contribution in [2.45, 2.75) is 38.8 Å². The largest absolute Gasteiger partial charge is 0.308 e. The maximum atomic E-state index is 5.09. The summed E-state index contributed by atoms with van der Waals surface area (Å²) in [6.07, 6.45) is 0. The van der Waals surface area contributed by atoms with Gasteiger partial charge in [0, 0.05) is 53.3 Å². The SMILES string of the molecule is CC1(C)c2ccccc2-c2cc3c4ccc5c(c4n(-c4cccc(-c6nc(-c7ccccc7)nc(-c7ccccc7)n6)c4)c3cc21)Sc1ccccc1S5. The van der Waals surface area contributed by atoms with E-state index >= 15 is 0 Å². The molecular formula is C48H32N4S2. The Bertz CT molecular complexity index is 2910. The zero-order chi connectivity index (χ0) is 36.0. The molecule has 54 heavy (non-hydrogen) atoms. The third-order valence-electron chi connectivity index (χ3n) is 10.9. The zero-order valence-electron chi connectivity index (χ0n) is 29.6. The van der Waals surface area contributed by atoms with Gasteiger partial charge in [-0.15, -0.1) is 0 Å². The van der Waals surface area contributed by atoms with Crippen molar-refractivity contribution in [2.75, 3.05) is 0 Å². The summed E-state index contributed by atoms with van der Waals surface area (Å²) in [5.41, 5.74) is 11.6. The standard InChI is InChI=1S/C48H32N4S2/c1-48(2)37-21-10-9-20-33(37)35-27-36-34-24-25-42-44(54-41-23-12-11-22-40(41)53-42)43(34)52(39(36)28-38(35)48)32-19-13-18-31(26-32)47-50-45(29-14-5-3-6-15-29)49-46(51-47)30-16-7-4-8-17-30/h3-28H,1-2H3. The second kappa shape index (κ2) is 12.0. The van der Waals surface area contributed by atoms with E-state index in [1.807, 2.05) is 59.9 Å². The van der Waals surface area contributed by atoms with Crippen LogP contribution in [0.5, 0.6) is 0 Å². The van der Waals surface area contributed by atoms with Crippen LogP contribution in [0.25, 0.3) is 72.8 Å². The molecule has 7 aromatic carbocycles. The number of aromatic nitrogens is 4. The zero-order valence-corrected chi connectivity index (χ0v) is 31.2. The summed E-state index contributed by atoms with van der Waals surface area (Å²) in [6.45, 7) is 4.72. The van der Waals surface area contributed by atoms with Gasteiger partial charge in [-0.05, 0) is 64.7 Å². The van der Waals surface area contributed by atoms with E-state index in [1.165, 1.54) is 63.6 Å². The van der Waals surface area contributed by atoms with Crippen LogP contribution in [0, 0.1) is 0 Å². The Morgan fingerprint density at radius 1 is 0.463 bits per heavy atom. The maximum Gasteiger partial charge on any atom is 0.164 e. The highest BCUT2D eigenvalue weighted by Crippen LogP contribution is 2.55. The van der Waals surface area contributed by atoms with Crippen molar-refractivity contribution in [3.63, 3.8) is 0 Å². The van der Waals surface area contributed by atoms with Gasteiger partial charge in [-0.2, -0.15) is 0 Å². The fourth-order valence-corrected chi connectivity index (χ4v) is 10.6. The van der Waals surface area contributed by atoms with Crippen LogP contribution < -0.4 is 0 Å². The molecule has 0 fully saturated rings.